The number of ether oxygens (including phenoxy) is 1. The van der Waals surface area contributed by atoms with Crippen LogP contribution in [0.3, 0.4) is 0 Å². The molecular formula is C16H17ClN2O5S. The van der Waals surface area contributed by atoms with Crippen LogP contribution in [0.1, 0.15) is 11.1 Å². The van der Waals surface area contributed by atoms with Crippen LogP contribution in [0.15, 0.2) is 42.5 Å². The first-order chi connectivity index (χ1) is 11.8. The van der Waals surface area contributed by atoms with E-state index >= 15 is 0 Å². The Balaban J connectivity index is 2.46. The molecule has 0 radical (unpaired) electrons. The number of anilines is 1. The van der Waals surface area contributed by atoms with Gasteiger partial charge in [0.15, 0.2) is 0 Å². The minimum absolute atomic E-state index is 0.000731. The van der Waals surface area contributed by atoms with E-state index in [9.17, 15) is 18.5 Å². The van der Waals surface area contributed by atoms with Crippen molar-refractivity contribution in [2.24, 2.45) is 0 Å². The first-order valence-electron chi connectivity index (χ1n) is 7.23. The Morgan fingerprint density at radius 1 is 1.20 bits per heavy atom. The summed E-state index contributed by atoms with van der Waals surface area (Å²) in [5.41, 5.74) is 1.18. The summed E-state index contributed by atoms with van der Waals surface area (Å²) in [7, 11) is -2.31. The highest BCUT2D eigenvalue weighted by atomic mass is 35.5. The molecule has 25 heavy (non-hydrogen) atoms. The van der Waals surface area contributed by atoms with E-state index in [1.807, 2.05) is 0 Å². The number of sulfonamides is 1. The monoisotopic (exact) mass is 384 g/mol. The number of methoxy groups -OCH3 is 1. The molecule has 0 unspecified atom stereocenters. The molecule has 2 aromatic rings. The molecule has 0 saturated heterocycles. The molecule has 0 aromatic heterocycles. The Labute approximate surface area is 151 Å². The van der Waals surface area contributed by atoms with E-state index in [0.29, 0.717) is 16.9 Å². The Hall–Kier alpha value is -2.32. The Bertz CT molecular complexity index is 869. The van der Waals surface area contributed by atoms with Crippen LogP contribution in [-0.4, -0.2) is 25.7 Å². The van der Waals surface area contributed by atoms with E-state index in [1.165, 1.54) is 25.3 Å². The predicted molar refractivity (Wildman–Crippen MR) is 96.7 cm³/mol. The van der Waals surface area contributed by atoms with Gasteiger partial charge in [-0.25, -0.2) is 8.42 Å². The van der Waals surface area contributed by atoms with Gasteiger partial charge in [-0.15, -0.1) is 11.6 Å². The summed E-state index contributed by atoms with van der Waals surface area (Å²) < 4.78 is 30.9. The van der Waals surface area contributed by atoms with Gasteiger partial charge < -0.3 is 4.74 Å². The second-order valence-corrected chi connectivity index (χ2v) is 7.78. The number of nitro groups is 1. The van der Waals surface area contributed by atoms with Crippen LogP contribution in [0.25, 0.3) is 0 Å². The van der Waals surface area contributed by atoms with Gasteiger partial charge in [0.05, 0.1) is 24.3 Å². The molecular weight excluding hydrogens is 368 g/mol. The second kappa shape index (κ2) is 7.71. The molecule has 2 aromatic carbocycles. The average molecular weight is 385 g/mol. The lowest BCUT2D eigenvalue weighted by Crippen LogP contribution is -2.31. The van der Waals surface area contributed by atoms with E-state index in [0.717, 1.165) is 4.31 Å². The Morgan fingerprint density at radius 3 is 2.36 bits per heavy atom. The third kappa shape index (κ3) is 4.40. The maximum Gasteiger partial charge on any atom is 0.274 e. The lowest BCUT2D eigenvalue weighted by atomic mass is 10.1. The number of rotatable bonds is 7. The molecule has 0 heterocycles. The van der Waals surface area contributed by atoms with E-state index < -0.39 is 20.2 Å². The maximum absolute atomic E-state index is 12.4. The number of hydrogen-bond acceptors (Lipinski definition) is 5. The van der Waals surface area contributed by atoms with Crippen LogP contribution in [-0.2, 0) is 16.6 Å². The van der Waals surface area contributed by atoms with Crippen molar-refractivity contribution < 1.29 is 18.1 Å². The first-order valence-corrected chi connectivity index (χ1v) is 9.37. The van der Waals surface area contributed by atoms with Crippen LogP contribution >= 0.6 is 11.6 Å². The number of aryl methyl sites for hydroxylation is 1. The van der Waals surface area contributed by atoms with Gasteiger partial charge in [0.1, 0.15) is 11.0 Å². The van der Waals surface area contributed by atoms with Crippen molar-refractivity contribution in [2.45, 2.75) is 13.5 Å². The minimum atomic E-state index is -3.84. The predicted octanol–water partition coefficient (Wildman–Crippen LogP) is 3.44. The van der Waals surface area contributed by atoms with Crippen LogP contribution in [0.5, 0.6) is 5.75 Å². The van der Waals surface area contributed by atoms with Crippen LogP contribution in [0.2, 0.25) is 0 Å². The molecule has 134 valence electrons. The summed E-state index contributed by atoms with van der Waals surface area (Å²) in [5.74, 6) is 0.640. The fourth-order valence-corrected chi connectivity index (χ4v) is 3.51. The Morgan fingerprint density at radius 2 is 1.84 bits per heavy atom. The highest BCUT2D eigenvalue weighted by Crippen LogP contribution is 2.29. The summed E-state index contributed by atoms with van der Waals surface area (Å²) >= 11 is 5.60. The van der Waals surface area contributed by atoms with Gasteiger partial charge >= 0.3 is 0 Å². The van der Waals surface area contributed by atoms with Gasteiger partial charge in [0, 0.05) is 11.6 Å². The molecule has 2 rings (SSSR count). The number of benzene rings is 2. The largest absolute Gasteiger partial charge is 0.497 e. The van der Waals surface area contributed by atoms with Crippen molar-refractivity contribution in [3.63, 3.8) is 0 Å². The summed E-state index contributed by atoms with van der Waals surface area (Å²) in [5, 5.41) is 10.5. The third-order valence-electron chi connectivity index (χ3n) is 3.64. The quantitative estimate of drug-likeness (QED) is 0.414. The molecule has 0 saturated carbocycles. The molecule has 0 amide bonds. The van der Waals surface area contributed by atoms with Crippen molar-refractivity contribution in [2.75, 3.05) is 16.6 Å². The van der Waals surface area contributed by atoms with Crippen LogP contribution in [0, 0.1) is 17.0 Å². The van der Waals surface area contributed by atoms with Crippen molar-refractivity contribution in [1.29, 1.82) is 0 Å². The SMILES string of the molecule is COc1ccc(CN(c2ccc(C)c([N+](=O)[O-])c2)S(=O)(=O)CCl)cc1. The lowest BCUT2D eigenvalue weighted by Gasteiger charge is -2.23. The summed E-state index contributed by atoms with van der Waals surface area (Å²) in [6.07, 6.45) is 0. The van der Waals surface area contributed by atoms with Gasteiger partial charge in [-0.2, -0.15) is 0 Å². The van der Waals surface area contributed by atoms with E-state index in [1.54, 1.807) is 31.2 Å². The standard InChI is InChI=1S/C16H17ClN2O5S/c1-12-3-6-14(9-16(12)19(20)21)18(25(22,23)11-17)10-13-4-7-15(24-2)8-5-13/h3-9H,10-11H2,1-2H3. The normalized spacial score (nSPS) is 11.2. The van der Waals surface area contributed by atoms with E-state index in [-0.39, 0.29) is 17.9 Å². The van der Waals surface area contributed by atoms with Crippen molar-refractivity contribution in [3.8, 4) is 5.75 Å². The first kappa shape index (κ1) is 19.0. The molecule has 0 bridgehead atoms. The zero-order chi connectivity index (χ0) is 18.6. The smallest absolute Gasteiger partial charge is 0.274 e. The zero-order valence-electron chi connectivity index (χ0n) is 13.7. The topological polar surface area (TPSA) is 89.8 Å². The van der Waals surface area contributed by atoms with E-state index in [2.05, 4.69) is 0 Å². The van der Waals surface area contributed by atoms with Crippen molar-refractivity contribution in [3.05, 3.63) is 63.7 Å². The molecule has 0 fully saturated rings. The van der Waals surface area contributed by atoms with Gasteiger partial charge in [0.25, 0.3) is 5.69 Å². The zero-order valence-corrected chi connectivity index (χ0v) is 15.2. The number of hydrogen-bond donors (Lipinski definition) is 0. The van der Waals surface area contributed by atoms with Gasteiger partial charge in [-0.05, 0) is 30.7 Å². The van der Waals surface area contributed by atoms with Gasteiger partial charge in [-0.3, -0.25) is 14.4 Å². The summed E-state index contributed by atoms with van der Waals surface area (Å²) in [6, 6.07) is 11.1. The maximum atomic E-state index is 12.4. The highest BCUT2D eigenvalue weighted by Gasteiger charge is 2.24. The fraction of sp³-hybridized carbons (Fsp3) is 0.250. The van der Waals surface area contributed by atoms with Crippen molar-refractivity contribution >= 4 is 33.0 Å². The van der Waals surface area contributed by atoms with E-state index in [4.69, 9.17) is 16.3 Å². The van der Waals surface area contributed by atoms with Gasteiger partial charge in [-0.1, -0.05) is 18.2 Å². The molecule has 0 spiro atoms. The molecule has 0 atom stereocenters. The number of nitro benzene ring substituents is 1. The summed E-state index contributed by atoms with van der Waals surface area (Å²) in [4.78, 5) is 10.6. The molecule has 0 aliphatic carbocycles. The minimum Gasteiger partial charge on any atom is -0.497 e. The molecule has 7 nitrogen and oxygen atoms in total. The average Bonchev–Trinajstić information content (AvgIpc) is 2.60. The Kier molecular flexibility index (Phi) is 5.86. The third-order valence-corrected chi connectivity index (χ3v) is 5.75. The van der Waals surface area contributed by atoms with Crippen LogP contribution in [0.4, 0.5) is 11.4 Å². The molecule has 0 aliphatic heterocycles. The molecule has 0 aliphatic rings. The molecule has 0 N–H and O–H groups in total. The number of nitrogens with zero attached hydrogens (tertiary/aromatic N) is 2. The number of alkyl halides is 1. The van der Waals surface area contributed by atoms with Crippen LogP contribution < -0.4 is 9.04 Å². The highest BCUT2D eigenvalue weighted by molar-refractivity contribution is 7.93. The molecule has 9 heteroatoms. The van der Waals surface area contributed by atoms with Gasteiger partial charge in [0.2, 0.25) is 10.0 Å². The fourth-order valence-electron chi connectivity index (χ4n) is 2.26. The summed E-state index contributed by atoms with van der Waals surface area (Å²) in [6.45, 7) is 1.59. The number of halogens is 1. The lowest BCUT2D eigenvalue weighted by molar-refractivity contribution is -0.385. The second-order valence-electron chi connectivity index (χ2n) is 5.30. The van der Waals surface area contributed by atoms with Crippen molar-refractivity contribution in [1.82, 2.24) is 0 Å².